The molecular formula is C57H42N2. The van der Waals surface area contributed by atoms with E-state index in [-0.39, 0.29) is 5.41 Å². The van der Waals surface area contributed by atoms with Crippen molar-refractivity contribution in [1.82, 2.24) is 0 Å². The van der Waals surface area contributed by atoms with Crippen molar-refractivity contribution in [2.45, 2.75) is 19.3 Å². The van der Waals surface area contributed by atoms with Crippen LogP contribution in [0.3, 0.4) is 0 Å². The molecule has 10 aromatic carbocycles. The zero-order valence-electron chi connectivity index (χ0n) is 33.2. The highest BCUT2D eigenvalue weighted by Crippen LogP contribution is 2.56. The minimum atomic E-state index is -0.297. The van der Waals surface area contributed by atoms with Crippen LogP contribution < -0.4 is 9.80 Å². The lowest BCUT2D eigenvalue weighted by Gasteiger charge is -2.43. The van der Waals surface area contributed by atoms with E-state index in [1.807, 2.05) is 0 Å². The van der Waals surface area contributed by atoms with Crippen molar-refractivity contribution in [2.24, 2.45) is 0 Å². The van der Waals surface area contributed by atoms with E-state index in [0.29, 0.717) is 0 Å². The molecule has 10 aromatic rings. The largest absolute Gasteiger partial charge is 0.310 e. The molecule has 59 heavy (non-hydrogen) atoms. The lowest BCUT2D eigenvalue weighted by molar-refractivity contribution is 0.632. The quantitative estimate of drug-likeness (QED) is 0.167. The van der Waals surface area contributed by atoms with Crippen LogP contribution in [-0.2, 0) is 5.41 Å². The van der Waals surface area contributed by atoms with Gasteiger partial charge in [-0.1, -0.05) is 184 Å². The first-order valence-electron chi connectivity index (χ1n) is 20.5. The van der Waals surface area contributed by atoms with Crippen molar-refractivity contribution in [3.8, 4) is 22.3 Å². The number of anilines is 6. The zero-order valence-corrected chi connectivity index (χ0v) is 33.2. The second-order valence-electron chi connectivity index (χ2n) is 16.2. The number of rotatable bonds is 6. The predicted molar refractivity (Wildman–Crippen MR) is 251 cm³/mol. The van der Waals surface area contributed by atoms with Gasteiger partial charge in [-0.3, -0.25) is 0 Å². The molecule has 0 atom stereocenters. The van der Waals surface area contributed by atoms with Crippen LogP contribution >= 0.6 is 0 Å². The fourth-order valence-electron chi connectivity index (χ4n) is 9.44. The second kappa shape index (κ2) is 13.9. The maximum atomic E-state index is 2.55. The van der Waals surface area contributed by atoms with Crippen molar-refractivity contribution in [2.75, 3.05) is 9.80 Å². The van der Waals surface area contributed by atoms with Gasteiger partial charge in [0.15, 0.2) is 0 Å². The third-order valence-corrected chi connectivity index (χ3v) is 12.4. The van der Waals surface area contributed by atoms with Crippen LogP contribution in [0, 0.1) is 0 Å². The molecule has 11 rings (SSSR count). The van der Waals surface area contributed by atoms with Gasteiger partial charge >= 0.3 is 0 Å². The van der Waals surface area contributed by atoms with Gasteiger partial charge in [-0.15, -0.1) is 0 Å². The Morgan fingerprint density at radius 3 is 1.73 bits per heavy atom. The van der Waals surface area contributed by atoms with Gasteiger partial charge in [-0.2, -0.15) is 0 Å². The zero-order chi connectivity index (χ0) is 39.5. The van der Waals surface area contributed by atoms with Crippen molar-refractivity contribution < 1.29 is 0 Å². The molecule has 0 bridgehead atoms. The fraction of sp³-hybridized carbons (Fsp3) is 0.0526. The standard InChI is InChI=1S/C57H42N2/c1-57(2)52-25-12-13-26-54(52)59(56-49-23-11-9-19-43(49)30-35-51(56)50-24-14-21-42-18-8-10-22-48(42)50)55-36-34-47(38-53(55)57)58(46-33-29-40-17-6-7-20-44(40)37-46)45-31-27-41(28-32-45)39-15-4-3-5-16-39/h3-38H,1-2H3. The highest BCUT2D eigenvalue weighted by molar-refractivity contribution is 6.11. The van der Waals surface area contributed by atoms with Crippen LogP contribution in [0.1, 0.15) is 25.0 Å². The Balaban J connectivity index is 1.15. The first-order chi connectivity index (χ1) is 29.0. The molecule has 1 aliphatic heterocycles. The molecule has 0 N–H and O–H groups in total. The average molecular weight is 755 g/mol. The molecule has 1 heterocycles. The summed E-state index contributed by atoms with van der Waals surface area (Å²) in [6, 6.07) is 80.1. The SMILES string of the molecule is CC1(C)c2ccccc2N(c2c(-c3cccc4ccccc34)ccc3ccccc23)c2ccc(N(c3ccc(-c4ccccc4)cc3)c3ccc4ccccc4c3)cc21. The lowest BCUT2D eigenvalue weighted by atomic mass is 9.73. The van der Waals surface area contributed by atoms with E-state index in [1.165, 1.54) is 82.8 Å². The summed E-state index contributed by atoms with van der Waals surface area (Å²) in [6.07, 6.45) is 0. The molecule has 2 nitrogen and oxygen atoms in total. The van der Waals surface area contributed by atoms with E-state index in [2.05, 4.69) is 242 Å². The first-order valence-corrected chi connectivity index (χ1v) is 20.5. The first kappa shape index (κ1) is 34.8. The molecule has 0 spiro atoms. The minimum Gasteiger partial charge on any atom is -0.310 e. The van der Waals surface area contributed by atoms with Crippen molar-refractivity contribution >= 4 is 66.4 Å². The monoisotopic (exact) mass is 754 g/mol. The molecule has 2 heteroatoms. The van der Waals surface area contributed by atoms with E-state index < -0.39 is 0 Å². The van der Waals surface area contributed by atoms with Crippen LogP contribution in [0.5, 0.6) is 0 Å². The lowest BCUT2D eigenvalue weighted by Crippen LogP contribution is -2.31. The maximum Gasteiger partial charge on any atom is 0.0618 e. The smallest absolute Gasteiger partial charge is 0.0618 e. The molecule has 0 unspecified atom stereocenters. The van der Waals surface area contributed by atoms with Gasteiger partial charge in [-0.05, 0) is 103 Å². The van der Waals surface area contributed by atoms with Gasteiger partial charge in [0.2, 0.25) is 0 Å². The molecule has 0 saturated carbocycles. The molecule has 0 amide bonds. The van der Waals surface area contributed by atoms with E-state index >= 15 is 0 Å². The molecule has 280 valence electrons. The van der Waals surface area contributed by atoms with Crippen molar-refractivity contribution in [1.29, 1.82) is 0 Å². The number of benzene rings is 10. The number of nitrogens with zero attached hydrogens (tertiary/aromatic N) is 2. The molecule has 0 fully saturated rings. The number of hydrogen-bond donors (Lipinski definition) is 0. The molecule has 0 saturated heterocycles. The minimum absolute atomic E-state index is 0.297. The van der Waals surface area contributed by atoms with E-state index in [0.717, 1.165) is 17.1 Å². The topological polar surface area (TPSA) is 6.48 Å². The van der Waals surface area contributed by atoms with E-state index in [4.69, 9.17) is 0 Å². The highest BCUT2D eigenvalue weighted by Gasteiger charge is 2.38. The Morgan fingerprint density at radius 2 is 0.915 bits per heavy atom. The van der Waals surface area contributed by atoms with Gasteiger partial charge in [0, 0.05) is 33.4 Å². The fourth-order valence-corrected chi connectivity index (χ4v) is 9.44. The summed E-state index contributed by atoms with van der Waals surface area (Å²) in [7, 11) is 0. The van der Waals surface area contributed by atoms with Crippen LogP contribution in [0.2, 0.25) is 0 Å². The molecule has 0 aromatic heterocycles. The van der Waals surface area contributed by atoms with Crippen LogP contribution in [0.15, 0.2) is 218 Å². The summed E-state index contributed by atoms with van der Waals surface area (Å²) in [5, 5.41) is 7.36. The second-order valence-corrected chi connectivity index (χ2v) is 16.2. The van der Waals surface area contributed by atoms with Gasteiger partial charge in [0.25, 0.3) is 0 Å². The number of para-hydroxylation sites is 1. The Morgan fingerprint density at radius 1 is 0.356 bits per heavy atom. The van der Waals surface area contributed by atoms with Crippen LogP contribution in [0.4, 0.5) is 34.1 Å². The third kappa shape index (κ3) is 5.79. The normalized spacial score (nSPS) is 13.0. The number of fused-ring (bicyclic) bond motifs is 5. The Labute approximate surface area is 345 Å². The summed E-state index contributed by atoms with van der Waals surface area (Å²) < 4.78 is 0. The molecule has 0 aliphatic carbocycles. The summed E-state index contributed by atoms with van der Waals surface area (Å²) in [5.41, 5.74) is 14.1. The summed E-state index contributed by atoms with van der Waals surface area (Å²) in [4.78, 5) is 4.97. The molecular weight excluding hydrogens is 713 g/mol. The van der Waals surface area contributed by atoms with Crippen molar-refractivity contribution in [3.63, 3.8) is 0 Å². The van der Waals surface area contributed by atoms with Gasteiger partial charge in [0.1, 0.15) is 0 Å². The van der Waals surface area contributed by atoms with Crippen molar-refractivity contribution in [3.05, 3.63) is 230 Å². The summed E-state index contributed by atoms with van der Waals surface area (Å²) >= 11 is 0. The predicted octanol–water partition coefficient (Wildman–Crippen LogP) is 16.1. The highest BCUT2D eigenvalue weighted by atomic mass is 15.2. The van der Waals surface area contributed by atoms with Crippen LogP contribution in [0.25, 0.3) is 54.6 Å². The van der Waals surface area contributed by atoms with Crippen LogP contribution in [-0.4, -0.2) is 0 Å². The maximum absolute atomic E-state index is 2.55. The Kier molecular flexibility index (Phi) is 8.20. The Hall–Kier alpha value is -7.42. The van der Waals surface area contributed by atoms with E-state index in [9.17, 15) is 0 Å². The summed E-state index contributed by atoms with van der Waals surface area (Å²) in [6.45, 7) is 4.77. The summed E-state index contributed by atoms with van der Waals surface area (Å²) in [5.74, 6) is 0. The molecule has 1 aliphatic rings. The van der Waals surface area contributed by atoms with Gasteiger partial charge < -0.3 is 9.80 Å². The average Bonchev–Trinajstić information content (AvgIpc) is 3.30. The molecule has 0 radical (unpaired) electrons. The van der Waals surface area contributed by atoms with E-state index in [1.54, 1.807) is 0 Å². The Bertz CT molecular complexity index is 3190. The van der Waals surface area contributed by atoms with Gasteiger partial charge in [-0.25, -0.2) is 0 Å². The third-order valence-electron chi connectivity index (χ3n) is 12.4. The number of hydrogen-bond acceptors (Lipinski definition) is 2. The van der Waals surface area contributed by atoms with Gasteiger partial charge in [0.05, 0.1) is 17.1 Å².